The van der Waals surface area contributed by atoms with E-state index in [1.165, 1.54) is 6.92 Å². The first-order chi connectivity index (χ1) is 10.2. The van der Waals surface area contributed by atoms with Gasteiger partial charge in [0, 0.05) is 18.7 Å². The van der Waals surface area contributed by atoms with Crippen molar-refractivity contribution in [2.75, 3.05) is 18.4 Å². The molecule has 0 aliphatic carbocycles. The zero-order chi connectivity index (χ0) is 16.8. The molecule has 118 valence electrons. The van der Waals surface area contributed by atoms with Gasteiger partial charge in [0.1, 0.15) is 11.7 Å². The molecule has 22 heavy (non-hydrogen) atoms. The third-order valence-corrected chi connectivity index (χ3v) is 2.66. The summed E-state index contributed by atoms with van der Waals surface area (Å²) in [6.45, 7) is 7.58. The monoisotopic (exact) mass is 303 g/mol. The van der Waals surface area contributed by atoms with Crippen molar-refractivity contribution in [3.8, 4) is 6.07 Å². The molecule has 0 radical (unpaired) electrons. The molecule has 0 spiro atoms. The van der Waals surface area contributed by atoms with Crippen molar-refractivity contribution < 1.29 is 14.3 Å². The standard InChI is InChI=1S/C16H21N3O3/c1-11(20)12-5-6-13(10-17)14(9-12)18-7-8-19-15(21)22-16(2,3)4/h5-6,9,18H,7-8H2,1-4H3,(H,19,21). The zero-order valence-electron chi connectivity index (χ0n) is 13.3. The predicted octanol–water partition coefficient (Wildman–Crippen LogP) is 2.70. The molecule has 1 aromatic rings. The second-order valence-corrected chi connectivity index (χ2v) is 5.78. The highest BCUT2D eigenvalue weighted by molar-refractivity contribution is 5.95. The fourth-order valence-electron chi connectivity index (χ4n) is 1.68. The van der Waals surface area contributed by atoms with Gasteiger partial charge in [-0.25, -0.2) is 4.79 Å². The summed E-state index contributed by atoms with van der Waals surface area (Å²) in [7, 11) is 0. The average molecular weight is 303 g/mol. The van der Waals surface area contributed by atoms with Crippen LogP contribution in [0, 0.1) is 11.3 Å². The van der Waals surface area contributed by atoms with Crippen molar-refractivity contribution in [3.63, 3.8) is 0 Å². The fourth-order valence-corrected chi connectivity index (χ4v) is 1.68. The second-order valence-electron chi connectivity index (χ2n) is 5.78. The maximum absolute atomic E-state index is 11.5. The lowest BCUT2D eigenvalue weighted by molar-refractivity contribution is 0.0530. The van der Waals surface area contributed by atoms with E-state index in [0.717, 1.165) is 0 Å². The number of hydrogen-bond donors (Lipinski definition) is 2. The topological polar surface area (TPSA) is 91.2 Å². The maximum atomic E-state index is 11.5. The van der Waals surface area contributed by atoms with Crippen LogP contribution in [0.4, 0.5) is 10.5 Å². The molecular weight excluding hydrogens is 282 g/mol. The molecule has 0 heterocycles. The number of rotatable bonds is 5. The van der Waals surface area contributed by atoms with E-state index in [1.807, 2.05) is 0 Å². The molecule has 0 saturated heterocycles. The summed E-state index contributed by atoms with van der Waals surface area (Å²) >= 11 is 0. The highest BCUT2D eigenvalue weighted by atomic mass is 16.6. The van der Waals surface area contributed by atoms with Crippen LogP contribution in [0.25, 0.3) is 0 Å². The van der Waals surface area contributed by atoms with Gasteiger partial charge in [0.15, 0.2) is 5.78 Å². The SMILES string of the molecule is CC(=O)c1ccc(C#N)c(NCCNC(=O)OC(C)(C)C)c1. The van der Waals surface area contributed by atoms with E-state index in [0.29, 0.717) is 29.9 Å². The van der Waals surface area contributed by atoms with Gasteiger partial charge in [-0.05, 0) is 45.9 Å². The number of benzene rings is 1. The number of carbonyl (C=O) groups is 2. The largest absolute Gasteiger partial charge is 0.444 e. The first-order valence-corrected chi connectivity index (χ1v) is 6.99. The lowest BCUT2D eigenvalue weighted by atomic mass is 10.1. The van der Waals surface area contributed by atoms with Gasteiger partial charge in [-0.1, -0.05) is 0 Å². The summed E-state index contributed by atoms with van der Waals surface area (Å²) in [5, 5.41) is 14.7. The number of carbonyl (C=O) groups excluding carboxylic acids is 2. The van der Waals surface area contributed by atoms with Gasteiger partial charge in [0.05, 0.1) is 11.3 Å². The molecule has 6 heteroatoms. The lowest BCUT2D eigenvalue weighted by Crippen LogP contribution is -2.35. The van der Waals surface area contributed by atoms with E-state index >= 15 is 0 Å². The van der Waals surface area contributed by atoms with Crippen molar-refractivity contribution in [2.24, 2.45) is 0 Å². The Labute approximate surface area is 130 Å². The Morgan fingerprint density at radius 2 is 1.95 bits per heavy atom. The molecule has 2 N–H and O–H groups in total. The zero-order valence-corrected chi connectivity index (χ0v) is 13.3. The van der Waals surface area contributed by atoms with Gasteiger partial charge >= 0.3 is 6.09 Å². The summed E-state index contributed by atoms with van der Waals surface area (Å²) in [5.41, 5.74) is 1.01. The minimum atomic E-state index is -0.540. The van der Waals surface area contributed by atoms with E-state index in [2.05, 4.69) is 16.7 Å². The number of nitriles is 1. The molecule has 0 unspecified atom stereocenters. The van der Waals surface area contributed by atoms with E-state index in [9.17, 15) is 9.59 Å². The summed E-state index contributed by atoms with van der Waals surface area (Å²) < 4.78 is 5.11. The molecule has 1 rings (SSSR count). The van der Waals surface area contributed by atoms with Gasteiger partial charge < -0.3 is 15.4 Å². The summed E-state index contributed by atoms with van der Waals surface area (Å²) in [6, 6.07) is 6.90. The Balaban J connectivity index is 2.54. The Bertz CT molecular complexity index is 598. The lowest BCUT2D eigenvalue weighted by Gasteiger charge is -2.19. The van der Waals surface area contributed by atoms with Crippen molar-refractivity contribution in [2.45, 2.75) is 33.3 Å². The first kappa shape index (κ1) is 17.5. The van der Waals surface area contributed by atoms with Crippen molar-refractivity contribution in [1.82, 2.24) is 5.32 Å². The Kier molecular flexibility index (Phi) is 5.93. The van der Waals surface area contributed by atoms with Crippen LogP contribution in [0.3, 0.4) is 0 Å². The number of hydrogen-bond acceptors (Lipinski definition) is 5. The molecule has 0 saturated carbocycles. The number of anilines is 1. The third-order valence-electron chi connectivity index (χ3n) is 2.66. The van der Waals surface area contributed by atoms with Crippen LogP contribution < -0.4 is 10.6 Å². The second kappa shape index (κ2) is 7.46. The number of Topliss-reactive ketones (excluding diaryl/α,β-unsaturated/α-hetero) is 1. The molecule has 0 aliphatic heterocycles. The fraction of sp³-hybridized carbons (Fsp3) is 0.438. The van der Waals surface area contributed by atoms with Crippen molar-refractivity contribution >= 4 is 17.6 Å². The number of amides is 1. The van der Waals surface area contributed by atoms with Gasteiger partial charge in [-0.3, -0.25) is 4.79 Å². The van der Waals surface area contributed by atoms with Crippen LogP contribution >= 0.6 is 0 Å². The van der Waals surface area contributed by atoms with Crippen LogP contribution in [0.5, 0.6) is 0 Å². The number of alkyl carbamates (subject to hydrolysis) is 1. The van der Waals surface area contributed by atoms with E-state index in [-0.39, 0.29) is 5.78 Å². The molecule has 0 fully saturated rings. The minimum Gasteiger partial charge on any atom is -0.444 e. The van der Waals surface area contributed by atoms with E-state index in [1.54, 1.807) is 39.0 Å². The van der Waals surface area contributed by atoms with Crippen LogP contribution in [-0.4, -0.2) is 30.6 Å². The molecule has 0 atom stereocenters. The Morgan fingerprint density at radius 3 is 2.50 bits per heavy atom. The van der Waals surface area contributed by atoms with Gasteiger partial charge in [0.25, 0.3) is 0 Å². The summed E-state index contributed by atoms with van der Waals surface area (Å²) in [6.07, 6.45) is -0.493. The number of ketones is 1. The molecule has 0 aromatic heterocycles. The number of ether oxygens (including phenoxy) is 1. The average Bonchev–Trinajstić information content (AvgIpc) is 2.41. The smallest absolute Gasteiger partial charge is 0.407 e. The van der Waals surface area contributed by atoms with E-state index < -0.39 is 11.7 Å². The van der Waals surface area contributed by atoms with Crippen molar-refractivity contribution in [1.29, 1.82) is 5.26 Å². The number of nitrogens with zero attached hydrogens (tertiary/aromatic N) is 1. The third kappa shape index (κ3) is 5.83. The minimum absolute atomic E-state index is 0.0700. The highest BCUT2D eigenvalue weighted by Gasteiger charge is 2.15. The molecule has 1 amide bonds. The Morgan fingerprint density at radius 1 is 1.27 bits per heavy atom. The molecule has 0 bridgehead atoms. The van der Waals surface area contributed by atoms with Crippen molar-refractivity contribution in [3.05, 3.63) is 29.3 Å². The Hall–Kier alpha value is -2.55. The van der Waals surface area contributed by atoms with E-state index in [4.69, 9.17) is 10.00 Å². The number of nitrogens with one attached hydrogen (secondary N) is 2. The maximum Gasteiger partial charge on any atom is 0.407 e. The predicted molar refractivity (Wildman–Crippen MR) is 83.9 cm³/mol. The molecule has 6 nitrogen and oxygen atoms in total. The van der Waals surface area contributed by atoms with Gasteiger partial charge in [0.2, 0.25) is 0 Å². The van der Waals surface area contributed by atoms with Crippen LogP contribution in [0.15, 0.2) is 18.2 Å². The normalized spacial score (nSPS) is 10.5. The first-order valence-electron chi connectivity index (χ1n) is 6.99. The van der Waals surface area contributed by atoms with Gasteiger partial charge in [-0.2, -0.15) is 5.26 Å². The molecular formula is C16H21N3O3. The highest BCUT2D eigenvalue weighted by Crippen LogP contribution is 2.17. The van der Waals surface area contributed by atoms with Crippen LogP contribution in [-0.2, 0) is 4.74 Å². The van der Waals surface area contributed by atoms with Crippen LogP contribution in [0.1, 0.15) is 43.6 Å². The quantitative estimate of drug-likeness (QED) is 0.644. The van der Waals surface area contributed by atoms with Gasteiger partial charge in [-0.15, -0.1) is 0 Å². The molecule has 0 aliphatic rings. The summed E-state index contributed by atoms with van der Waals surface area (Å²) in [5.74, 6) is -0.0700. The summed E-state index contributed by atoms with van der Waals surface area (Å²) in [4.78, 5) is 22.8. The molecule has 1 aromatic carbocycles. The van der Waals surface area contributed by atoms with Crippen LogP contribution in [0.2, 0.25) is 0 Å².